The summed E-state index contributed by atoms with van der Waals surface area (Å²) in [6, 6.07) is 8.14. The molecule has 0 atom stereocenters. The van der Waals surface area contributed by atoms with Crippen LogP contribution < -0.4 is 4.74 Å². The average molecular weight is 293 g/mol. The molecule has 1 aliphatic heterocycles. The zero-order chi connectivity index (χ0) is 15.5. The van der Waals surface area contributed by atoms with Crippen LogP contribution in [-0.4, -0.2) is 44.4 Å². The Morgan fingerprint density at radius 1 is 1.19 bits per heavy atom. The smallest absolute Gasteiger partial charge is 0.122 e. The van der Waals surface area contributed by atoms with Crippen LogP contribution in [0.4, 0.5) is 0 Å². The maximum atomic E-state index is 5.76. The first-order chi connectivity index (χ1) is 10.1. The highest BCUT2D eigenvalue weighted by atomic mass is 16.5. The van der Waals surface area contributed by atoms with Gasteiger partial charge in [-0.1, -0.05) is 45.4 Å². The van der Waals surface area contributed by atoms with Gasteiger partial charge in [0.25, 0.3) is 0 Å². The predicted molar refractivity (Wildman–Crippen MR) is 89.1 cm³/mol. The van der Waals surface area contributed by atoms with Crippen molar-refractivity contribution in [2.45, 2.75) is 34.1 Å². The van der Waals surface area contributed by atoms with Crippen molar-refractivity contribution >= 4 is 0 Å². The Labute approximate surface area is 130 Å². The normalized spacial score (nSPS) is 15.5. The molecular weight excluding hydrogens is 262 g/mol. The summed E-state index contributed by atoms with van der Waals surface area (Å²) in [5, 5.41) is 0. The second-order valence-corrected chi connectivity index (χ2v) is 5.87. The topological polar surface area (TPSA) is 21.7 Å². The number of hydrogen-bond donors (Lipinski definition) is 0. The molecule has 3 nitrogen and oxygen atoms in total. The van der Waals surface area contributed by atoms with Crippen molar-refractivity contribution in [3.63, 3.8) is 0 Å². The summed E-state index contributed by atoms with van der Waals surface area (Å²) < 4.78 is 11.1. The van der Waals surface area contributed by atoms with Crippen molar-refractivity contribution in [1.82, 2.24) is 4.90 Å². The molecule has 1 saturated heterocycles. The highest BCUT2D eigenvalue weighted by molar-refractivity contribution is 5.31. The second kappa shape index (κ2) is 10.6. The molecule has 3 heteroatoms. The number of ether oxygens (including phenoxy) is 2. The summed E-state index contributed by atoms with van der Waals surface area (Å²) in [6.07, 6.45) is 1.31. The van der Waals surface area contributed by atoms with Crippen molar-refractivity contribution in [2.24, 2.45) is 5.92 Å². The molecule has 120 valence electrons. The minimum atomic E-state index is 0.755. The molecule has 0 saturated carbocycles. The Morgan fingerprint density at radius 3 is 2.38 bits per heavy atom. The van der Waals surface area contributed by atoms with E-state index >= 15 is 0 Å². The van der Waals surface area contributed by atoms with Gasteiger partial charge in [0, 0.05) is 19.6 Å². The molecule has 2 rings (SSSR count). The van der Waals surface area contributed by atoms with Gasteiger partial charge in [0.05, 0.1) is 13.2 Å². The lowest BCUT2D eigenvalue weighted by molar-refractivity contribution is 0.0322. The fourth-order valence-electron chi connectivity index (χ4n) is 1.83. The molecule has 1 aliphatic rings. The third kappa shape index (κ3) is 8.08. The zero-order valence-electron chi connectivity index (χ0n) is 14.1. The van der Waals surface area contributed by atoms with Crippen LogP contribution >= 0.6 is 0 Å². The number of morpholine rings is 1. The fraction of sp³-hybridized carbons (Fsp3) is 0.667. The van der Waals surface area contributed by atoms with Gasteiger partial charge in [-0.05, 0) is 24.5 Å². The van der Waals surface area contributed by atoms with E-state index in [1.807, 2.05) is 18.2 Å². The molecular formula is C18H31NO2. The molecule has 0 aliphatic carbocycles. The van der Waals surface area contributed by atoms with Crippen LogP contribution in [0.25, 0.3) is 0 Å². The number of benzene rings is 1. The van der Waals surface area contributed by atoms with Gasteiger partial charge in [-0.3, -0.25) is 4.90 Å². The van der Waals surface area contributed by atoms with Gasteiger partial charge in [-0.15, -0.1) is 0 Å². The maximum absolute atomic E-state index is 5.76. The highest BCUT2D eigenvalue weighted by Crippen LogP contribution is 2.15. The van der Waals surface area contributed by atoms with E-state index in [-0.39, 0.29) is 0 Å². The molecule has 0 unspecified atom stereocenters. The Hall–Kier alpha value is -1.06. The molecule has 1 aromatic rings. The van der Waals surface area contributed by atoms with Crippen molar-refractivity contribution in [2.75, 3.05) is 39.5 Å². The van der Waals surface area contributed by atoms with Gasteiger partial charge in [0.15, 0.2) is 0 Å². The van der Waals surface area contributed by atoms with E-state index in [2.05, 4.69) is 38.7 Å². The van der Waals surface area contributed by atoms with Crippen molar-refractivity contribution in [3.8, 4) is 5.75 Å². The quantitative estimate of drug-likeness (QED) is 0.825. The zero-order valence-corrected chi connectivity index (χ0v) is 14.1. The van der Waals surface area contributed by atoms with Gasteiger partial charge in [-0.25, -0.2) is 0 Å². The Balaban J connectivity index is 0.000000383. The average Bonchev–Trinajstić information content (AvgIpc) is 2.51. The molecule has 0 spiro atoms. The van der Waals surface area contributed by atoms with E-state index in [1.165, 1.54) is 12.0 Å². The first kappa shape index (κ1) is 18.0. The molecule has 0 amide bonds. The minimum absolute atomic E-state index is 0.755. The van der Waals surface area contributed by atoms with Crippen molar-refractivity contribution in [1.29, 1.82) is 0 Å². The van der Waals surface area contributed by atoms with Crippen LogP contribution in [0.15, 0.2) is 24.3 Å². The SMILES string of the molecule is CCC(C)C.Cc1ccccc1OCCN1CCOCC1. The van der Waals surface area contributed by atoms with Gasteiger partial charge < -0.3 is 9.47 Å². The molecule has 0 radical (unpaired) electrons. The number of hydrogen-bond acceptors (Lipinski definition) is 3. The van der Waals surface area contributed by atoms with Crippen LogP contribution in [0.5, 0.6) is 5.75 Å². The number of nitrogens with zero attached hydrogens (tertiary/aromatic N) is 1. The summed E-state index contributed by atoms with van der Waals surface area (Å²) >= 11 is 0. The Morgan fingerprint density at radius 2 is 1.81 bits per heavy atom. The van der Waals surface area contributed by atoms with E-state index in [0.717, 1.165) is 51.1 Å². The van der Waals surface area contributed by atoms with Gasteiger partial charge in [0.1, 0.15) is 12.4 Å². The van der Waals surface area contributed by atoms with Crippen LogP contribution in [0.3, 0.4) is 0 Å². The molecule has 1 fully saturated rings. The van der Waals surface area contributed by atoms with Crippen LogP contribution in [0.2, 0.25) is 0 Å². The second-order valence-electron chi connectivity index (χ2n) is 5.87. The minimum Gasteiger partial charge on any atom is -0.492 e. The highest BCUT2D eigenvalue weighted by Gasteiger charge is 2.09. The van der Waals surface area contributed by atoms with Crippen LogP contribution in [0, 0.1) is 12.8 Å². The number of aryl methyl sites for hydroxylation is 1. The molecule has 1 aromatic carbocycles. The van der Waals surface area contributed by atoms with Crippen molar-refractivity contribution in [3.05, 3.63) is 29.8 Å². The van der Waals surface area contributed by atoms with Gasteiger partial charge >= 0.3 is 0 Å². The summed E-state index contributed by atoms with van der Waals surface area (Å²) in [4.78, 5) is 2.38. The van der Waals surface area contributed by atoms with Gasteiger partial charge in [0.2, 0.25) is 0 Å². The van der Waals surface area contributed by atoms with Crippen LogP contribution in [0.1, 0.15) is 32.8 Å². The molecule has 1 heterocycles. The van der Waals surface area contributed by atoms with Gasteiger partial charge in [-0.2, -0.15) is 0 Å². The summed E-state index contributed by atoms with van der Waals surface area (Å²) in [5.41, 5.74) is 1.20. The third-order valence-corrected chi connectivity index (χ3v) is 3.68. The van der Waals surface area contributed by atoms with E-state index in [0.29, 0.717) is 0 Å². The van der Waals surface area contributed by atoms with E-state index in [1.54, 1.807) is 0 Å². The fourth-order valence-corrected chi connectivity index (χ4v) is 1.83. The molecule has 0 aromatic heterocycles. The lowest BCUT2D eigenvalue weighted by atomic mass is 10.2. The van der Waals surface area contributed by atoms with Crippen molar-refractivity contribution < 1.29 is 9.47 Å². The lowest BCUT2D eigenvalue weighted by Gasteiger charge is -2.26. The Bertz CT molecular complexity index is 373. The Kier molecular flexibility index (Phi) is 9.11. The van der Waals surface area contributed by atoms with E-state index < -0.39 is 0 Å². The summed E-state index contributed by atoms with van der Waals surface area (Å²) in [6.45, 7) is 14.2. The third-order valence-electron chi connectivity index (χ3n) is 3.68. The first-order valence-corrected chi connectivity index (χ1v) is 8.12. The molecule has 0 bridgehead atoms. The van der Waals surface area contributed by atoms with E-state index in [4.69, 9.17) is 9.47 Å². The first-order valence-electron chi connectivity index (χ1n) is 8.12. The summed E-state index contributed by atoms with van der Waals surface area (Å²) in [5.74, 6) is 1.88. The predicted octanol–water partition coefficient (Wildman–Crippen LogP) is 3.76. The number of para-hydroxylation sites is 1. The van der Waals surface area contributed by atoms with E-state index in [9.17, 15) is 0 Å². The van der Waals surface area contributed by atoms with Crippen LogP contribution in [-0.2, 0) is 4.74 Å². The largest absolute Gasteiger partial charge is 0.492 e. The molecule has 0 N–H and O–H groups in total. The standard InChI is InChI=1S/C13H19NO2.C5H12/c1-12-4-2-3-5-13(12)16-11-8-14-6-9-15-10-7-14;1-4-5(2)3/h2-5H,6-11H2,1H3;5H,4H2,1-3H3. The lowest BCUT2D eigenvalue weighted by Crippen LogP contribution is -2.38. The maximum Gasteiger partial charge on any atom is 0.122 e. The molecule has 21 heavy (non-hydrogen) atoms. The number of rotatable bonds is 5. The monoisotopic (exact) mass is 293 g/mol. The summed E-state index contributed by atoms with van der Waals surface area (Å²) in [7, 11) is 0.